The van der Waals surface area contributed by atoms with Gasteiger partial charge in [-0.15, -0.1) is 0 Å². The van der Waals surface area contributed by atoms with Crippen molar-refractivity contribution in [2.24, 2.45) is 0 Å². The van der Waals surface area contributed by atoms with Crippen molar-refractivity contribution in [1.82, 2.24) is 9.78 Å². The standard InChI is InChI=1S/C22H21F3N2O3S/c1-5-12-27-21(22(23,24)25)19(16-8-11-18(30-3)14(2)13-16)20(26-27)15-6-9-17(10-7-15)31(4,28)29/h5-13H,1-4H3. The van der Waals surface area contributed by atoms with Gasteiger partial charge in [-0.25, -0.2) is 13.1 Å². The molecule has 0 aliphatic carbocycles. The second kappa shape index (κ2) is 8.22. The van der Waals surface area contributed by atoms with Crippen molar-refractivity contribution in [2.75, 3.05) is 13.4 Å². The summed E-state index contributed by atoms with van der Waals surface area (Å²) in [5.74, 6) is 0.553. The molecule has 0 unspecified atom stereocenters. The van der Waals surface area contributed by atoms with Crippen molar-refractivity contribution in [2.45, 2.75) is 24.9 Å². The van der Waals surface area contributed by atoms with Crippen molar-refractivity contribution in [3.05, 3.63) is 59.8 Å². The molecule has 0 fully saturated rings. The molecular weight excluding hydrogens is 429 g/mol. The number of allylic oxidation sites excluding steroid dienone is 1. The average molecular weight is 450 g/mol. The summed E-state index contributed by atoms with van der Waals surface area (Å²) in [6.07, 6.45) is -0.921. The van der Waals surface area contributed by atoms with E-state index < -0.39 is 21.7 Å². The lowest BCUT2D eigenvalue weighted by Crippen LogP contribution is -2.12. The molecular formula is C22H21F3N2O3S. The first-order chi connectivity index (χ1) is 14.5. The molecule has 0 bridgehead atoms. The molecule has 0 aliphatic rings. The Morgan fingerprint density at radius 3 is 2.16 bits per heavy atom. The van der Waals surface area contributed by atoms with Crippen LogP contribution < -0.4 is 4.74 Å². The summed E-state index contributed by atoms with van der Waals surface area (Å²) in [7, 11) is -1.95. The molecule has 2 aromatic carbocycles. The van der Waals surface area contributed by atoms with Gasteiger partial charge >= 0.3 is 6.18 Å². The van der Waals surface area contributed by atoms with E-state index in [4.69, 9.17) is 4.74 Å². The Hall–Kier alpha value is -3.07. The third-order valence-corrected chi connectivity index (χ3v) is 5.84. The molecule has 0 saturated heterocycles. The lowest BCUT2D eigenvalue weighted by molar-refractivity contribution is -0.142. The van der Waals surface area contributed by atoms with Crippen LogP contribution in [-0.4, -0.2) is 31.6 Å². The van der Waals surface area contributed by atoms with Crippen molar-refractivity contribution in [1.29, 1.82) is 0 Å². The molecule has 0 spiro atoms. The van der Waals surface area contributed by atoms with Crippen LogP contribution >= 0.6 is 0 Å². The molecule has 1 aromatic heterocycles. The van der Waals surface area contributed by atoms with Crippen LogP contribution in [0, 0.1) is 6.92 Å². The van der Waals surface area contributed by atoms with Gasteiger partial charge in [0.25, 0.3) is 0 Å². The Labute approximate surface area is 178 Å². The van der Waals surface area contributed by atoms with E-state index in [9.17, 15) is 21.6 Å². The number of hydrogen-bond acceptors (Lipinski definition) is 4. The molecule has 9 heteroatoms. The van der Waals surface area contributed by atoms with Crippen molar-refractivity contribution < 1.29 is 26.3 Å². The molecule has 0 aliphatic heterocycles. The maximum absolute atomic E-state index is 14.1. The van der Waals surface area contributed by atoms with Crippen LogP contribution in [0.25, 0.3) is 28.6 Å². The number of hydrogen-bond donors (Lipinski definition) is 0. The molecule has 3 rings (SSSR count). The third-order valence-electron chi connectivity index (χ3n) is 4.71. The fourth-order valence-corrected chi connectivity index (χ4v) is 3.96. The number of ether oxygens (including phenoxy) is 1. The second-order valence-electron chi connectivity index (χ2n) is 6.98. The molecule has 0 radical (unpaired) electrons. The Morgan fingerprint density at radius 1 is 1.06 bits per heavy atom. The van der Waals surface area contributed by atoms with Crippen LogP contribution in [-0.2, 0) is 16.0 Å². The largest absolute Gasteiger partial charge is 0.496 e. The normalized spacial score (nSPS) is 12.5. The van der Waals surface area contributed by atoms with Gasteiger partial charge < -0.3 is 4.74 Å². The maximum Gasteiger partial charge on any atom is 0.434 e. The summed E-state index contributed by atoms with van der Waals surface area (Å²) in [6.45, 7) is 3.34. The van der Waals surface area contributed by atoms with Gasteiger partial charge in [-0.05, 0) is 49.2 Å². The number of alkyl halides is 3. The van der Waals surface area contributed by atoms with E-state index in [-0.39, 0.29) is 16.2 Å². The number of rotatable bonds is 5. The van der Waals surface area contributed by atoms with Gasteiger partial charge in [-0.3, -0.25) is 0 Å². The average Bonchev–Trinajstić information content (AvgIpc) is 3.07. The quantitative estimate of drug-likeness (QED) is 0.519. The minimum atomic E-state index is -4.68. The predicted molar refractivity (Wildman–Crippen MR) is 114 cm³/mol. The van der Waals surface area contributed by atoms with Gasteiger partial charge in [0.2, 0.25) is 0 Å². The lowest BCUT2D eigenvalue weighted by Gasteiger charge is -2.13. The first-order valence-electron chi connectivity index (χ1n) is 9.25. The number of aryl methyl sites for hydroxylation is 1. The van der Waals surface area contributed by atoms with E-state index in [0.717, 1.165) is 10.9 Å². The molecule has 0 N–H and O–H groups in total. The molecule has 164 valence electrons. The Kier molecular flexibility index (Phi) is 6.00. The van der Waals surface area contributed by atoms with Crippen LogP contribution in [0.1, 0.15) is 18.2 Å². The predicted octanol–water partition coefficient (Wildman–Crippen LogP) is 5.45. The number of halogens is 3. The highest BCUT2D eigenvalue weighted by atomic mass is 32.2. The molecule has 5 nitrogen and oxygen atoms in total. The summed E-state index contributed by atoms with van der Waals surface area (Å²) >= 11 is 0. The summed E-state index contributed by atoms with van der Waals surface area (Å²) < 4.78 is 71.9. The van der Waals surface area contributed by atoms with E-state index in [1.54, 1.807) is 32.0 Å². The van der Waals surface area contributed by atoms with Gasteiger partial charge in [-0.2, -0.15) is 18.3 Å². The highest BCUT2D eigenvalue weighted by Crippen LogP contribution is 2.43. The van der Waals surface area contributed by atoms with E-state index in [0.29, 0.717) is 22.4 Å². The van der Waals surface area contributed by atoms with Gasteiger partial charge in [0.15, 0.2) is 15.5 Å². The van der Waals surface area contributed by atoms with Gasteiger partial charge in [0, 0.05) is 23.6 Å². The zero-order chi connectivity index (χ0) is 23.0. The summed E-state index contributed by atoms with van der Waals surface area (Å²) in [4.78, 5) is 0.0713. The zero-order valence-electron chi connectivity index (χ0n) is 17.4. The summed E-state index contributed by atoms with van der Waals surface area (Å²) in [6, 6.07) is 10.4. The van der Waals surface area contributed by atoms with E-state index in [1.165, 1.54) is 43.7 Å². The topological polar surface area (TPSA) is 61.2 Å². The number of aromatic nitrogens is 2. The van der Waals surface area contributed by atoms with Gasteiger partial charge in [-0.1, -0.05) is 24.3 Å². The van der Waals surface area contributed by atoms with Crippen LogP contribution in [0.3, 0.4) is 0 Å². The van der Waals surface area contributed by atoms with Gasteiger partial charge in [0.05, 0.1) is 12.0 Å². The summed E-state index contributed by atoms with van der Waals surface area (Å²) in [5.41, 5.74) is 0.439. The van der Waals surface area contributed by atoms with Crippen LogP contribution in [0.4, 0.5) is 13.2 Å². The minimum absolute atomic E-state index is 0.0713. The lowest BCUT2D eigenvalue weighted by atomic mass is 9.97. The van der Waals surface area contributed by atoms with E-state index in [2.05, 4.69) is 5.10 Å². The number of nitrogens with zero attached hydrogens (tertiary/aromatic N) is 2. The van der Waals surface area contributed by atoms with Crippen molar-refractivity contribution in [3.63, 3.8) is 0 Å². The number of benzene rings is 2. The fraction of sp³-hybridized carbons (Fsp3) is 0.227. The highest BCUT2D eigenvalue weighted by Gasteiger charge is 2.40. The number of methoxy groups -OCH3 is 1. The third kappa shape index (κ3) is 4.51. The smallest absolute Gasteiger partial charge is 0.434 e. The Balaban J connectivity index is 2.34. The van der Waals surface area contributed by atoms with Crippen molar-refractivity contribution >= 4 is 16.0 Å². The zero-order valence-corrected chi connectivity index (χ0v) is 18.2. The molecule has 0 amide bonds. The second-order valence-corrected chi connectivity index (χ2v) is 8.99. The van der Waals surface area contributed by atoms with E-state index >= 15 is 0 Å². The highest BCUT2D eigenvalue weighted by molar-refractivity contribution is 7.90. The van der Waals surface area contributed by atoms with Crippen molar-refractivity contribution in [3.8, 4) is 28.1 Å². The number of sulfone groups is 1. The first-order valence-corrected chi connectivity index (χ1v) is 11.1. The SMILES string of the molecule is CC=Cn1nc(-c2ccc(S(C)(=O)=O)cc2)c(-c2ccc(OC)c(C)c2)c1C(F)(F)F. The molecule has 3 aromatic rings. The monoisotopic (exact) mass is 450 g/mol. The molecule has 0 atom stereocenters. The van der Waals surface area contributed by atoms with Crippen LogP contribution in [0.2, 0.25) is 0 Å². The first kappa shape index (κ1) is 22.6. The Bertz CT molecular complexity index is 1240. The maximum atomic E-state index is 14.1. The van der Waals surface area contributed by atoms with Gasteiger partial charge in [0.1, 0.15) is 11.4 Å². The van der Waals surface area contributed by atoms with Crippen LogP contribution in [0.5, 0.6) is 5.75 Å². The van der Waals surface area contributed by atoms with Crippen LogP contribution in [0.15, 0.2) is 53.4 Å². The fourth-order valence-electron chi connectivity index (χ4n) is 3.32. The summed E-state index contributed by atoms with van der Waals surface area (Å²) in [5, 5.41) is 4.21. The Morgan fingerprint density at radius 2 is 1.68 bits per heavy atom. The molecule has 1 heterocycles. The molecule has 31 heavy (non-hydrogen) atoms. The van der Waals surface area contributed by atoms with E-state index in [1.807, 2.05) is 0 Å². The minimum Gasteiger partial charge on any atom is -0.496 e. The molecule has 0 saturated carbocycles.